The Bertz CT molecular complexity index is 2890. The van der Waals surface area contributed by atoms with E-state index in [0.29, 0.717) is 0 Å². The first-order chi connectivity index (χ1) is 28.0. The minimum atomic E-state index is -0.394. The van der Waals surface area contributed by atoms with Crippen LogP contribution < -0.4 is 4.90 Å². The number of para-hydroxylation sites is 1. The number of rotatable bonds is 6. The van der Waals surface area contributed by atoms with Gasteiger partial charge in [0, 0.05) is 39.6 Å². The molecule has 0 saturated carbocycles. The maximum absolute atomic E-state index is 6.81. The van der Waals surface area contributed by atoms with Crippen LogP contribution in [-0.2, 0) is 5.41 Å². The molecule has 0 spiro atoms. The average Bonchev–Trinajstić information content (AvgIpc) is 3.76. The number of allylic oxidation sites excluding steroid dienone is 4. The normalized spacial score (nSPS) is 23.0. The largest absolute Gasteiger partial charge is 0.458 e. The summed E-state index contributed by atoms with van der Waals surface area (Å²) in [6.07, 6.45) is 14.0. The van der Waals surface area contributed by atoms with Crippen LogP contribution in [0.5, 0.6) is 0 Å². The Hall–Kier alpha value is -6.64. The second kappa shape index (κ2) is 13.0. The van der Waals surface area contributed by atoms with E-state index in [1.54, 1.807) is 0 Å². The SMILES string of the molecule is CC1C=Cc2c(oc3ccccc23)C1N(c1ccc(-c2ccc3ccccc3c2)cc1)c1ccc(C2(c3ccccc3)c3ccccc3C3C=CC=CC32C)cc1. The number of benzene rings is 7. The number of anilines is 2. The van der Waals surface area contributed by atoms with E-state index in [2.05, 4.69) is 225 Å². The molecule has 8 aromatic rings. The van der Waals surface area contributed by atoms with Gasteiger partial charge in [0.15, 0.2) is 0 Å². The molecule has 0 aliphatic heterocycles. The Morgan fingerprint density at radius 2 is 1.25 bits per heavy atom. The summed E-state index contributed by atoms with van der Waals surface area (Å²) in [6.45, 7) is 4.77. The van der Waals surface area contributed by atoms with Crippen molar-refractivity contribution in [1.29, 1.82) is 0 Å². The quantitative estimate of drug-likeness (QED) is 0.169. The summed E-state index contributed by atoms with van der Waals surface area (Å²) in [4.78, 5) is 2.51. The summed E-state index contributed by atoms with van der Waals surface area (Å²) in [5.41, 5.74) is 11.6. The Labute approximate surface area is 334 Å². The standard InChI is InChI=1S/C55H43NO/c1-37-23-34-47-46-18-9-11-22-51(46)57-53(47)52(37)56(44-30-26-39(27-31-44)41-25-24-38-14-6-7-15-40(38)36-41)45-32-28-43(29-33-45)55(42-16-4-3-5-17-42)50-21-10-8-19-48(50)49-20-12-13-35-54(49,55)2/h3-37,49,52H,1-2H3. The first kappa shape index (κ1) is 33.7. The molecule has 3 aliphatic rings. The van der Waals surface area contributed by atoms with Gasteiger partial charge in [-0.15, -0.1) is 0 Å². The summed E-state index contributed by atoms with van der Waals surface area (Å²) >= 11 is 0. The van der Waals surface area contributed by atoms with Gasteiger partial charge in [0.2, 0.25) is 0 Å². The van der Waals surface area contributed by atoms with Gasteiger partial charge in [-0.25, -0.2) is 0 Å². The molecule has 5 atom stereocenters. The molecule has 0 fully saturated rings. The van der Waals surface area contributed by atoms with E-state index < -0.39 is 5.41 Å². The monoisotopic (exact) mass is 733 g/mol. The zero-order valence-electron chi connectivity index (χ0n) is 32.2. The molecule has 0 N–H and O–H groups in total. The molecule has 1 aromatic heterocycles. The van der Waals surface area contributed by atoms with Gasteiger partial charge in [-0.2, -0.15) is 0 Å². The molecule has 274 valence electrons. The van der Waals surface area contributed by atoms with Gasteiger partial charge in [-0.3, -0.25) is 0 Å². The van der Waals surface area contributed by atoms with Crippen molar-refractivity contribution in [2.75, 3.05) is 4.90 Å². The van der Waals surface area contributed by atoms with Crippen LogP contribution in [0, 0.1) is 11.3 Å². The Morgan fingerprint density at radius 3 is 2.07 bits per heavy atom. The van der Waals surface area contributed by atoms with Crippen molar-refractivity contribution < 1.29 is 4.42 Å². The number of hydrogen-bond acceptors (Lipinski definition) is 2. The van der Waals surface area contributed by atoms with E-state index in [-0.39, 0.29) is 23.3 Å². The van der Waals surface area contributed by atoms with Crippen LogP contribution in [0.15, 0.2) is 205 Å². The van der Waals surface area contributed by atoms with Gasteiger partial charge in [0.05, 0.1) is 11.5 Å². The molecule has 7 aromatic carbocycles. The van der Waals surface area contributed by atoms with Crippen LogP contribution in [0.3, 0.4) is 0 Å². The number of fused-ring (bicyclic) bond motifs is 7. The molecule has 11 rings (SSSR count). The van der Waals surface area contributed by atoms with Crippen LogP contribution in [0.2, 0.25) is 0 Å². The van der Waals surface area contributed by atoms with Gasteiger partial charge < -0.3 is 9.32 Å². The first-order valence-corrected chi connectivity index (χ1v) is 20.2. The van der Waals surface area contributed by atoms with Crippen molar-refractivity contribution >= 4 is 39.2 Å². The van der Waals surface area contributed by atoms with Gasteiger partial charge in [0.25, 0.3) is 0 Å². The van der Waals surface area contributed by atoms with E-state index in [0.717, 1.165) is 28.1 Å². The molecule has 0 saturated heterocycles. The van der Waals surface area contributed by atoms with E-state index in [1.807, 2.05) is 0 Å². The van der Waals surface area contributed by atoms with Crippen molar-refractivity contribution in [2.24, 2.45) is 11.3 Å². The third kappa shape index (κ3) is 4.96. The van der Waals surface area contributed by atoms with Crippen LogP contribution in [0.4, 0.5) is 11.4 Å². The van der Waals surface area contributed by atoms with Crippen LogP contribution in [0.25, 0.3) is 38.9 Å². The second-order valence-corrected chi connectivity index (χ2v) is 16.3. The van der Waals surface area contributed by atoms with Crippen molar-refractivity contribution in [3.63, 3.8) is 0 Å². The molecule has 2 heteroatoms. The molecule has 0 bridgehead atoms. The van der Waals surface area contributed by atoms with E-state index in [4.69, 9.17) is 4.42 Å². The predicted octanol–water partition coefficient (Wildman–Crippen LogP) is 14.4. The molecule has 0 radical (unpaired) electrons. The fourth-order valence-electron chi connectivity index (χ4n) is 10.7. The molecular weight excluding hydrogens is 691 g/mol. The minimum Gasteiger partial charge on any atom is -0.458 e. The third-order valence-electron chi connectivity index (χ3n) is 13.3. The summed E-state index contributed by atoms with van der Waals surface area (Å²) in [5, 5.41) is 3.66. The number of nitrogens with zero attached hydrogens (tertiary/aromatic N) is 1. The van der Waals surface area contributed by atoms with Gasteiger partial charge in [-0.05, 0) is 80.6 Å². The molecular formula is C55H43NO. The van der Waals surface area contributed by atoms with Gasteiger partial charge in [-0.1, -0.05) is 184 Å². The average molecular weight is 734 g/mol. The Morgan fingerprint density at radius 1 is 0.579 bits per heavy atom. The lowest BCUT2D eigenvalue weighted by atomic mass is 9.54. The molecule has 5 unspecified atom stereocenters. The van der Waals surface area contributed by atoms with Gasteiger partial charge in [0.1, 0.15) is 11.3 Å². The van der Waals surface area contributed by atoms with E-state index in [9.17, 15) is 0 Å². The predicted molar refractivity (Wildman–Crippen MR) is 237 cm³/mol. The van der Waals surface area contributed by atoms with Crippen molar-refractivity contribution in [3.8, 4) is 11.1 Å². The highest BCUT2D eigenvalue weighted by molar-refractivity contribution is 5.90. The lowest BCUT2D eigenvalue weighted by Crippen LogP contribution is -2.43. The van der Waals surface area contributed by atoms with E-state index >= 15 is 0 Å². The lowest BCUT2D eigenvalue weighted by molar-refractivity contribution is 0.288. The molecule has 2 nitrogen and oxygen atoms in total. The summed E-state index contributed by atoms with van der Waals surface area (Å²) in [5.74, 6) is 1.46. The van der Waals surface area contributed by atoms with Crippen molar-refractivity contribution in [3.05, 3.63) is 234 Å². The maximum Gasteiger partial charge on any atom is 0.135 e. The highest BCUT2D eigenvalue weighted by atomic mass is 16.3. The minimum absolute atomic E-state index is 0.0571. The Kier molecular flexibility index (Phi) is 7.66. The highest BCUT2D eigenvalue weighted by Crippen LogP contribution is 2.66. The third-order valence-corrected chi connectivity index (χ3v) is 13.3. The van der Waals surface area contributed by atoms with Crippen molar-refractivity contribution in [1.82, 2.24) is 0 Å². The highest BCUT2D eigenvalue weighted by Gasteiger charge is 2.60. The summed E-state index contributed by atoms with van der Waals surface area (Å²) in [7, 11) is 0. The zero-order valence-corrected chi connectivity index (χ0v) is 32.2. The zero-order chi connectivity index (χ0) is 38.1. The topological polar surface area (TPSA) is 16.4 Å². The molecule has 3 aliphatic carbocycles. The number of hydrogen-bond donors (Lipinski definition) is 0. The second-order valence-electron chi connectivity index (χ2n) is 16.3. The van der Waals surface area contributed by atoms with Crippen LogP contribution >= 0.6 is 0 Å². The van der Waals surface area contributed by atoms with Gasteiger partial charge >= 0.3 is 0 Å². The molecule has 0 amide bonds. The first-order valence-electron chi connectivity index (χ1n) is 20.2. The lowest BCUT2D eigenvalue weighted by Gasteiger charge is -2.47. The smallest absolute Gasteiger partial charge is 0.135 e. The molecule has 1 heterocycles. The van der Waals surface area contributed by atoms with Crippen molar-refractivity contribution in [2.45, 2.75) is 31.2 Å². The van der Waals surface area contributed by atoms with Crippen LogP contribution in [0.1, 0.15) is 59.4 Å². The van der Waals surface area contributed by atoms with E-state index in [1.165, 1.54) is 49.7 Å². The fraction of sp³-hybridized carbons (Fsp3) is 0.127. The van der Waals surface area contributed by atoms with Crippen LogP contribution in [-0.4, -0.2) is 0 Å². The maximum atomic E-state index is 6.81. The summed E-state index contributed by atoms with van der Waals surface area (Å²) < 4.78 is 6.81. The number of furan rings is 1. The Balaban J connectivity index is 1.08. The summed E-state index contributed by atoms with van der Waals surface area (Å²) in [6, 6.07) is 62.6. The fourth-order valence-corrected chi connectivity index (χ4v) is 10.7. The molecule has 57 heavy (non-hydrogen) atoms.